The first kappa shape index (κ1) is 15.0. The number of hydrogen-bond acceptors (Lipinski definition) is 3. The normalized spacial score (nSPS) is 22.4. The van der Waals surface area contributed by atoms with E-state index in [1.807, 2.05) is 0 Å². The van der Waals surface area contributed by atoms with Crippen LogP contribution in [0.5, 0.6) is 0 Å². The lowest BCUT2D eigenvalue weighted by atomic mass is 9.69. The summed E-state index contributed by atoms with van der Waals surface area (Å²) in [5.74, 6) is 0. The SMILES string of the molecule is CC1(C)CCC(N)(Cc2nc(C(C)(C)C)cs2)CC1. The average Bonchev–Trinajstić information content (AvgIpc) is 2.71. The minimum absolute atomic E-state index is 0.0253. The van der Waals surface area contributed by atoms with Crippen molar-refractivity contribution in [3.8, 4) is 0 Å². The van der Waals surface area contributed by atoms with Crippen LogP contribution in [-0.2, 0) is 11.8 Å². The Morgan fingerprint density at radius 3 is 2.26 bits per heavy atom. The summed E-state index contributed by atoms with van der Waals surface area (Å²) in [6.45, 7) is 11.4. The van der Waals surface area contributed by atoms with E-state index in [1.54, 1.807) is 11.3 Å². The highest BCUT2D eigenvalue weighted by Crippen LogP contribution is 2.40. The van der Waals surface area contributed by atoms with Crippen LogP contribution in [-0.4, -0.2) is 10.5 Å². The second-order valence-corrected chi connectivity index (χ2v) is 9.02. The summed E-state index contributed by atoms with van der Waals surface area (Å²) in [7, 11) is 0. The minimum atomic E-state index is -0.0253. The van der Waals surface area contributed by atoms with Gasteiger partial charge in [0.1, 0.15) is 0 Å². The summed E-state index contributed by atoms with van der Waals surface area (Å²) in [6, 6.07) is 0. The molecule has 1 aliphatic carbocycles. The highest BCUT2D eigenvalue weighted by molar-refractivity contribution is 7.09. The summed E-state index contributed by atoms with van der Waals surface area (Å²) in [6.07, 6.45) is 5.68. The molecule has 1 saturated carbocycles. The van der Waals surface area contributed by atoms with Gasteiger partial charge in [0.05, 0.1) is 10.7 Å². The Labute approximate surface area is 121 Å². The van der Waals surface area contributed by atoms with Crippen LogP contribution >= 0.6 is 11.3 Å². The zero-order valence-electron chi connectivity index (χ0n) is 13.0. The van der Waals surface area contributed by atoms with Gasteiger partial charge >= 0.3 is 0 Å². The van der Waals surface area contributed by atoms with Gasteiger partial charge in [-0.1, -0.05) is 34.6 Å². The third-order valence-electron chi connectivity index (χ3n) is 4.42. The molecule has 2 rings (SSSR count). The molecule has 1 aromatic rings. The summed E-state index contributed by atoms with van der Waals surface area (Å²) in [5.41, 5.74) is 8.39. The van der Waals surface area contributed by atoms with Crippen molar-refractivity contribution in [3.63, 3.8) is 0 Å². The molecule has 1 aromatic heterocycles. The van der Waals surface area contributed by atoms with Crippen LogP contribution < -0.4 is 5.73 Å². The van der Waals surface area contributed by atoms with Crippen LogP contribution in [0.4, 0.5) is 0 Å². The minimum Gasteiger partial charge on any atom is -0.325 e. The predicted molar refractivity (Wildman–Crippen MR) is 83.7 cm³/mol. The van der Waals surface area contributed by atoms with Crippen LogP contribution in [0.3, 0.4) is 0 Å². The Hall–Kier alpha value is -0.410. The first-order valence-corrected chi connectivity index (χ1v) is 8.22. The Kier molecular flexibility index (Phi) is 3.83. The number of nitrogens with two attached hydrogens (primary N) is 1. The van der Waals surface area contributed by atoms with Gasteiger partial charge < -0.3 is 5.73 Å². The Balaban J connectivity index is 2.03. The molecule has 0 atom stereocenters. The van der Waals surface area contributed by atoms with Crippen molar-refractivity contribution in [2.75, 3.05) is 0 Å². The lowest BCUT2D eigenvalue weighted by Gasteiger charge is -2.41. The molecule has 0 spiro atoms. The highest BCUT2D eigenvalue weighted by atomic mass is 32.1. The largest absolute Gasteiger partial charge is 0.325 e. The quantitative estimate of drug-likeness (QED) is 0.878. The summed E-state index contributed by atoms with van der Waals surface area (Å²) < 4.78 is 0. The second kappa shape index (κ2) is 4.85. The fraction of sp³-hybridized carbons (Fsp3) is 0.812. The van der Waals surface area contributed by atoms with E-state index in [0.29, 0.717) is 5.41 Å². The molecule has 1 fully saturated rings. The van der Waals surface area contributed by atoms with E-state index in [0.717, 1.165) is 19.3 Å². The van der Waals surface area contributed by atoms with Gasteiger partial charge in [0.15, 0.2) is 0 Å². The summed E-state index contributed by atoms with van der Waals surface area (Å²) in [4.78, 5) is 4.80. The molecule has 2 nitrogen and oxygen atoms in total. The predicted octanol–water partition coefficient (Wildman–Crippen LogP) is 4.28. The van der Waals surface area contributed by atoms with Gasteiger partial charge in [-0.2, -0.15) is 0 Å². The molecule has 0 unspecified atom stereocenters. The molecule has 0 aliphatic heterocycles. The molecule has 19 heavy (non-hydrogen) atoms. The zero-order valence-corrected chi connectivity index (χ0v) is 13.9. The van der Waals surface area contributed by atoms with Crippen LogP contribution in [0, 0.1) is 5.41 Å². The topological polar surface area (TPSA) is 38.9 Å². The van der Waals surface area contributed by atoms with E-state index < -0.39 is 0 Å². The second-order valence-electron chi connectivity index (χ2n) is 8.08. The van der Waals surface area contributed by atoms with Crippen LogP contribution in [0.2, 0.25) is 0 Å². The molecule has 108 valence electrons. The molecule has 1 aliphatic rings. The van der Waals surface area contributed by atoms with Crippen LogP contribution in [0.1, 0.15) is 71.0 Å². The molecule has 0 radical (unpaired) electrons. The highest BCUT2D eigenvalue weighted by Gasteiger charge is 2.36. The van der Waals surface area contributed by atoms with Gasteiger partial charge in [-0.15, -0.1) is 11.3 Å². The number of nitrogens with zero attached hydrogens (tertiary/aromatic N) is 1. The third-order valence-corrected chi connectivity index (χ3v) is 5.27. The fourth-order valence-corrected chi connectivity index (χ4v) is 3.81. The van der Waals surface area contributed by atoms with Gasteiger partial charge in [-0.05, 0) is 31.1 Å². The number of aromatic nitrogens is 1. The molecule has 0 bridgehead atoms. The molecule has 3 heteroatoms. The standard InChI is InChI=1S/C16H28N2S/c1-14(2,3)12-11-19-13(18-12)10-16(17)8-6-15(4,5)7-9-16/h11H,6-10,17H2,1-5H3. The van der Waals surface area contributed by atoms with Crippen LogP contribution in [0.15, 0.2) is 5.38 Å². The van der Waals surface area contributed by atoms with E-state index in [4.69, 9.17) is 10.7 Å². The Bertz CT molecular complexity index is 430. The number of hydrogen-bond donors (Lipinski definition) is 1. The van der Waals surface area contributed by atoms with Gasteiger partial charge in [0.2, 0.25) is 0 Å². The molecule has 0 amide bonds. The van der Waals surface area contributed by atoms with E-state index in [9.17, 15) is 0 Å². The fourth-order valence-electron chi connectivity index (χ4n) is 2.64. The Morgan fingerprint density at radius 2 is 1.79 bits per heavy atom. The van der Waals surface area contributed by atoms with E-state index >= 15 is 0 Å². The van der Waals surface area contributed by atoms with Crippen molar-refractivity contribution in [1.29, 1.82) is 0 Å². The van der Waals surface area contributed by atoms with Crippen molar-refractivity contribution < 1.29 is 0 Å². The van der Waals surface area contributed by atoms with Crippen LogP contribution in [0.25, 0.3) is 0 Å². The summed E-state index contributed by atoms with van der Waals surface area (Å²) >= 11 is 1.78. The van der Waals surface area contributed by atoms with Gasteiger partial charge in [-0.3, -0.25) is 0 Å². The number of rotatable bonds is 2. The van der Waals surface area contributed by atoms with E-state index in [2.05, 4.69) is 40.0 Å². The molecular weight excluding hydrogens is 252 g/mol. The van der Waals surface area contributed by atoms with Crippen molar-refractivity contribution in [2.24, 2.45) is 11.1 Å². The maximum atomic E-state index is 6.60. The molecular formula is C16H28N2S. The average molecular weight is 280 g/mol. The van der Waals surface area contributed by atoms with E-state index in [-0.39, 0.29) is 11.0 Å². The smallest absolute Gasteiger partial charge is 0.0946 e. The zero-order chi connectivity index (χ0) is 14.3. The lowest BCUT2D eigenvalue weighted by molar-refractivity contribution is 0.164. The summed E-state index contributed by atoms with van der Waals surface area (Å²) in [5, 5.41) is 3.41. The lowest BCUT2D eigenvalue weighted by Crippen LogP contribution is -2.46. The van der Waals surface area contributed by atoms with Crippen molar-refractivity contribution in [1.82, 2.24) is 4.98 Å². The monoisotopic (exact) mass is 280 g/mol. The van der Waals surface area contributed by atoms with Crippen molar-refractivity contribution >= 4 is 11.3 Å². The van der Waals surface area contributed by atoms with Crippen molar-refractivity contribution in [2.45, 2.75) is 77.7 Å². The molecule has 0 aromatic carbocycles. The third kappa shape index (κ3) is 3.79. The molecule has 0 saturated heterocycles. The van der Waals surface area contributed by atoms with Gasteiger partial charge in [0.25, 0.3) is 0 Å². The first-order chi connectivity index (χ1) is 8.60. The van der Waals surface area contributed by atoms with Gasteiger partial charge in [-0.25, -0.2) is 4.98 Å². The van der Waals surface area contributed by atoms with E-state index in [1.165, 1.54) is 23.5 Å². The maximum Gasteiger partial charge on any atom is 0.0946 e. The van der Waals surface area contributed by atoms with Gasteiger partial charge in [0, 0.05) is 22.8 Å². The molecule has 2 N–H and O–H groups in total. The Morgan fingerprint density at radius 1 is 1.21 bits per heavy atom. The molecule has 1 heterocycles. The maximum absolute atomic E-state index is 6.60. The van der Waals surface area contributed by atoms with Crippen molar-refractivity contribution in [3.05, 3.63) is 16.1 Å². The number of thiazole rings is 1. The first-order valence-electron chi connectivity index (χ1n) is 7.34.